The standard InChI is InChI=1S/C13H14N6O/c1-10(20)15-12-6-4-11(5-7-12)13-16-17-18-19(13)9-3-2-8-14/h4-7H,2-3,9H2,1H3,(H,15,20). The molecule has 20 heavy (non-hydrogen) atoms. The van der Waals surface area contributed by atoms with Crippen molar-refractivity contribution in [2.24, 2.45) is 0 Å². The van der Waals surface area contributed by atoms with Gasteiger partial charge in [-0.2, -0.15) is 5.26 Å². The number of carbonyl (C=O) groups excluding carboxylic acids is 1. The van der Waals surface area contributed by atoms with Crippen LogP contribution in [0.3, 0.4) is 0 Å². The predicted octanol–water partition coefficient (Wildman–Crippen LogP) is 1.60. The minimum absolute atomic E-state index is 0.112. The first-order valence-electron chi connectivity index (χ1n) is 6.22. The Kier molecular flexibility index (Phi) is 4.39. The summed E-state index contributed by atoms with van der Waals surface area (Å²) < 4.78 is 1.67. The number of carbonyl (C=O) groups is 1. The van der Waals surface area contributed by atoms with Crippen molar-refractivity contribution < 1.29 is 4.79 Å². The van der Waals surface area contributed by atoms with Crippen LogP contribution in [0.1, 0.15) is 19.8 Å². The molecule has 0 spiro atoms. The van der Waals surface area contributed by atoms with E-state index < -0.39 is 0 Å². The van der Waals surface area contributed by atoms with E-state index in [1.54, 1.807) is 16.8 Å². The van der Waals surface area contributed by atoms with E-state index >= 15 is 0 Å². The zero-order valence-corrected chi connectivity index (χ0v) is 11.1. The van der Waals surface area contributed by atoms with E-state index in [0.717, 1.165) is 11.3 Å². The summed E-state index contributed by atoms with van der Waals surface area (Å²) >= 11 is 0. The Morgan fingerprint density at radius 1 is 1.40 bits per heavy atom. The van der Waals surface area contributed by atoms with Crippen molar-refractivity contribution in [3.05, 3.63) is 24.3 Å². The summed E-state index contributed by atoms with van der Waals surface area (Å²) in [6, 6.07) is 9.38. The zero-order chi connectivity index (χ0) is 14.4. The van der Waals surface area contributed by atoms with Gasteiger partial charge in [-0.05, 0) is 41.1 Å². The molecule has 1 amide bonds. The number of aromatic nitrogens is 4. The molecule has 0 radical (unpaired) electrons. The molecule has 0 bridgehead atoms. The van der Waals surface area contributed by atoms with Crippen molar-refractivity contribution in [2.75, 3.05) is 5.32 Å². The molecule has 1 aromatic carbocycles. The lowest BCUT2D eigenvalue weighted by molar-refractivity contribution is -0.114. The largest absolute Gasteiger partial charge is 0.326 e. The van der Waals surface area contributed by atoms with Gasteiger partial charge in [0.2, 0.25) is 5.91 Å². The Labute approximate surface area is 116 Å². The van der Waals surface area contributed by atoms with Crippen molar-refractivity contribution in [3.63, 3.8) is 0 Å². The molecule has 0 fully saturated rings. The van der Waals surface area contributed by atoms with Crippen LogP contribution in [0.5, 0.6) is 0 Å². The summed E-state index contributed by atoms with van der Waals surface area (Å²) in [5.74, 6) is 0.538. The molecule has 102 valence electrons. The van der Waals surface area contributed by atoms with E-state index in [2.05, 4.69) is 26.9 Å². The Hall–Kier alpha value is -2.75. The molecular formula is C13H14N6O. The summed E-state index contributed by atoms with van der Waals surface area (Å²) in [5.41, 5.74) is 1.59. The predicted molar refractivity (Wildman–Crippen MR) is 72.4 cm³/mol. The molecular weight excluding hydrogens is 256 g/mol. The van der Waals surface area contributed by atoms with Gasteiger partial charge < -0.3 is 5.32 Å². The van der Waals surface area contributed by atoms with E-state index in [9.17, 15) is 4.79 Å². The summed E-state index contributed by atoms with van der Waals surface area (Å²) in [4.78, 5) is 11.0. The highest BCUT2D eigenvalue weighted by Crippen LogP contribution is 2.19. The van der Waals surface area contributed by atoms with Gasteiger partial charge in [-0.15, -0.1) is 5.10 Å². The molecule has 7 nitrogen and oxygen atoms in total. The molecule has 2 aromatic rings. The first-order valence-corrected chi connectivity index (χ1v) is 6.22. The smallest absolute Gasteiger partial charge is 0.221 e. The third-order valence-electron chi connectivity index (χ3n) is 2.65. The fraction of sp³-hybridized carbons (Fsp3) is 0.308. The second-order valence-corrected chi connectivity index (χ2v) is 4.25. The Bertz CT molecular complexity index is 625. The van der Waals surface area contributed by atoms with Crippen LogP contribution >= 0.6 is 0 Å². The highest BCUT2D eigenvalue weighted by Gasteiger charge is 2.08. The van der Waals surface area contributed by atoms with Gasteiger partial charge in [0, 0.05) is 31.1 Å². The number of tetrazole rings is 1. The zero-order valence-electron chi connectivity index (χ0n) is 11.1. The monoisotopic (exact) mass is 270 g/mol. The summed E-state index contributed by atoms with van der Waals surface area (Å²) in [6.45, 7) is 2.06. The van der Waals surface area contributed by atoms with Crippen LogP contribution in [0.25, 0.3) is 11.4 Å². The maximum Gasteiger partial charge on any atom is 0.221 e. The molecule has 0 saturated heterocycles. The number of anilines is 1. The molecule has 0 saturated carbocycles. The second-order valence-electron chi connectivity index (χ2n) is 4.25. The third-order valence-corrected chi connectivity index (χ3v) is 2.65. The highest BCUT2D eigenvalue weighted by molar-refractivity contribution is 5.88. The van der Waals surface area contributed by atoms with Crippen LogP contribution in [-0.4, -0.2) is 26.1 Å². The van der Waals surface area contributed by atoms with Crippen LogP contribution in [-0.2, 0) is 11.3 Å². The van der Waals surface area contributed by atoms with Gasteiger partial charge in [0.25, 0.3) is 0 Å². The maximum atomic E-state index is 11.0. The topological polar surface area (TPSA) is 96.5 Å². The quantitative estimate of drug-likeness (QED) is 0.832. The van der Waals surface area contributed by atoms with Crippen LogP contribution < -0.4 is 5.32 Å². The van der Waals surface area contributed by atoms with Crippen LogP contribution in [0.2, 0.25) is 0 Å². The summed E-state index contributed by atoms with van der Waals surface area (Å²) in [7, 11) is 0. The molecule has 7 heteroatoms. The molecule has 0 atom stereocenters. The minimum atomic E-state index is -0.112. The number of hydrogen-bond donors (Lipinski definition) is 1. The molecule has 1 N–H and O–H groups in total. The van der Waals surface area contributed by atoms with Crippen molar-refractivity contribution >= 4 is 11.6 Å². The van der Waals surface area contributed by atoms with Gasteiger partial charge >= 0.3 is 0 Å². The van der Waals surface area contributed by atoms with Gasteiger partial charge in [-0.25, -0.2) is 4.68 Å². The first kappa shape index (κ1) is 13.7. The molecule has 1 heterocycles. The van der Waals surface area contributed by atoms with Crippen molar-refractivity contribution in [3.8, 4) is 17.5 Å². The van der Waals surface area contributed by atoms with Crippen LogP contribution in [0, 0.1) is 11.3 Å². The van der Waals surface area contributed by atoms with E-state index in [0.29, 0.717) is 25.2 Å². The van der Waals surface area contributed by atoms with Crippen LogP contribution in [0.15, 0.2) is 24.3 Å². The molecule has 0 aliphatic carbocycles. The molecule has 0 aliphatic rings. The lowest BCUT2D eigenvalue weighted by Crippen LogP contribution is -2.06. The number of unbranched alkanes of at least 4 members (excludes halogenated alkanes) is 1. The fourth-order valence-corrected chi connectivity index (χ4v) is 1.78. The number of rotatable bonds is 5. The highest BCUT2D eigenvalue weighted by atomic mass is 16.1. The average Bonchev–Trinajstić information content (AvgIpc) is 2.88. The SMILES string of the molecule is CC(=O)Nc1ccc(-c2nnnn2CCCC#N)cc1. The maximum absolute atomic E-state index is 11.0. The van der Waals surface area contributed by atoms with E-state index in [1.165, 1.54) is 6.92 Å². The summed E-state index contributed by atoms with van der Waals surface area (Å²) in [6.07, 6.45) is 1.18. The average molecular weight is 270 g/mol. The molecule has 0 aliphatic heterocycles. The number of hydrogen-bond acceptors (Lipinski definition) is 5. The number of aryl methyl sites for hydroxylation is 1. The Morgan fingerprint density at radius 2 is 2.15 bits per heavy atom. The van der Waals surface area contributed by atoms with Crippen molar-refractivity contribution in [1.82, 2.24) is 20.2 Å². The molecule has 0 unspecified atom stereocenters. The third kappa shape index (κ3) is 3.38. The van der Waals surface area contributed by atoms with Gasteiger partial charge in [0.05, 0.1) is 6.07 Å². The van der Waals surface area contributed by atoms with Gasteiger partial charge in [-0.3, -0.25) is 4.79 Å². The fourth-order valence-electron chi connectivity index (χ4n) is 1.78. The van der Waals surface area contributed by atoms with Gasteiger partial charge in [-0.1, -0.05) is 0 Å². The number of amides is 1. The summed E-state index contributed by atoms with van der Waals surface area (Å²) in [5, 5.41) is 22.8. The Balaban J connectivity index is 2.13. The van der Waals surface area contributed by atoms with E-state index in [4.69, 9.17) is 5.26 Å². The minimum Gasteiger partial charge on any atom is -0.326 e. The Morgan fingerprint density at radius 3 is 2.80 bits per heavy atom. The van der Waals surface area contributed by atoms with Gasteiger partial charge in [0.1, 0.15) is 0 Å². The lowest BCUT2D eigenvalue weighted by atomic mass is 10.2. The van der Waals surface area contributed by atoms with E-state index in [-0.39, 0.29) is 5.91 Å². The number of nitrogens with one attached hydrogen (secondary N) is 1. The lowest BCUT2D eigenvalue weighted by Gasteiger charge is -2.05. The van der Waals surface area contributed by atoms with Crippen molar-refractivity contribution in [1.29, 1.82) is 5.26 Å². The normalized spacial score (nSPS) is 10.0. The molecule has 2 rings (SSSR count). The number of benzene rings is 1. The first-order chi connectivity index (χ1) is 9.70. The van der Waals surface area contributed by atoms with Crippen molar-refractivity contribution in [2.45, 2.75) is 26.3 Å². The molecule has 1 aromatic heterocycles. The van der Waals surface area contributed by atoms with Gasteiger partial charge in [0.15, 0.2) is 5.82 Å². The van der Waals surface area contributed by atoms with E-state index in [1.807, 2.05) is 12.1 Å². The van der Waals surface area contributed by atoms with Crippen LogP contribution in [0.4, 0.5) is 5.69 Å². The number of nitriles is 1. The number of nitrogens with zero attached hydrogens (tertiary/aromatic N) is 5. The second kappa shape index (κ2) is 6.43.